The van der Waals surface area contributed by atoms with Crippen LogP contribution in [0.5, 0.6) is 0 Å². The third kappa shape index (κ3) is 3.98. The second kappa shape index (κ2) is 8.21. The maximum Gasteiger partial charge on any atom is 0.339 e. The summed E-state index contributed by atoms with van der Waals surface area (Å²) < 4.78 is 1.81. The smallest absolute Gasteiger partial charge is 0.339 e. The molecule has 3 N–H and O–H groups in total. The van der Waals surface area contributed by atoms with E-state index in [9.17, 15) is 9.90 Å². The van der Waals surface area contributed by atoms with Crippen molar-refractivity contribution in [2.75, 3.05) is 12.4 Å². The average Bonchev–Trinajstić information content (AvgIpc) is 2.62. The van der Waals surface area contributed by atoms with E-state index in [1.165, 1.54) is 0 Å². The topological polar surface area (TPSA) is 76.7 Å². The molecular weight excluding hydrogens is 375 g/mol. The molecule has 0 unspecified atom stereocenters. The maximum atomic E-state index is 12.1. The van der Waals surface area contributed by atoms with Gasteiger partial charge in [0.2, 0.25) is 11.5 Å². The number of hydrazone groups is 1. The van der Waals surface area contributed by atoms with Gasteiger partial charge in [0.15, 0.2) is 6.21 Å². The van der Waals surface area contributed by atoms with Gasteiger partial charge in [-0.15, -0.1) is 0 Å². The van der Waals surface area contributed by atoms with Crippen molar-refractivity contribution in [1.29, 1.82) is 0 Å². The molecule has 26 heavy (non-hydrogen) atoms. The van der Waals surface area contributed by atoms with E-state index in [1.54, 1.807) is 13.0 Å². The molecule has 8 heteroatoms. The van der Waals surface area contributed by atoms with Crippen LogP contribution in [0.4, 0.5) is 10.5 Å². The number of aliphatic hydroxyl groups is 1. The molecule has 2 aromatic rings. The molecule has 6 nitrogen and oxygen atoms in total. The summed E-state index contributed by atoms with van der Waals surface area (Å²) in [6.07, 6.45) is 2.30. The van der Waals surface area contributed by atoms with Crippen LogP contribution >= 0.6 is 11.6 Å². The van der Waals surface area contributed by atoms with Gasteiger partial charge in [0.05, 0.1) is 17.1 Å². The van der Waals surface area contributed by atoms with Crippen LogP contribution in [0.15, 0.2) is 53.0 Å². The van der Waals surface area contributed by atoms with Crippen LogP contribution < -0.4 is 23.1 Å². The van der Waals surface area contributed by atoms with E-state index >= 15 is 0 Å². The summed E-state index contributed by atoms with van der Waals surface area (Å²) in [6, 6.07) is 10.7. The molecule has 0 atom stereocenters. The highest BCUT2D eigenvalue weighted by Gasteiger charge is 2.21. The lowest BCUT2D eigenvalue weighted by Gasteiger charge is -2.11. The molecule has 0 saturated heterocycles. The number of anilines is 1. The summed E-state index contributed by atoms with van der Waals surface area (Å²) in [5, 5.41) is 19.0. The number of nitrogens with one attached hydrogen (secondary N) is 2. The number of halogens is 2. The van der Waals surface area contributed by atoms with Gasteiger partial charge in [-0.2, -0.15) is 5.10 Å². The lowest BCUT2D eigenvalue weighted by molar-refractivity contribution is -0.442. The third-order valence-electron chi connectivity index (χ3n) is 4.11. The minimum Gasteiger partial charge on any atom is -1.00 e. The van der Waals surface area contributed by atoms with Gasteiger partial charge in [-0.25, -0.2) is 14.8 Å². The van der Waals surface area contributed by atoms with Crippen LogP contribution in [0, 0.1) is 0 Å². The van der Waals surface area contributed by atoms with E-state index < -0.39 is 6.03 Å². The van der Waals surface area contributed by atoms with Gasteiger partial charge in [0.25, 0.3) is 0 Å². The fraction of sp³-hybridized carbons (Fsp3) is 0.167. The van der Waals surface area contributed by atoms with Crippen molar-refractivity contribution in [3.63, 3.8) is 0 Å². The van der Waals surface area contributed by atoms with Crippen molar-refractivity contribution >= 4 is 46.0 Å². The summed E-state index contributed by atoms with van der Waals surface area (Å²) >= 11 is 6.36. The van der Waals surface area contributed by atoms with Crippen LogP contribution in [-0.2, 0) is 0 Å². The maximum absolute atomic E-state index is 12.1. The Morgan fingerprint density at radius 1 is 1.27 bits per heavy atom. The number of aliphatic hydroxyl groups excluding tert-OH is 1. The molecule has 1 aliphatic rings. The normalized spacial score (nSPS) is 15.5. The van der Waals surface area contributed by atoms with Gasteiger partial charge in [0, 0.05) is 12.3 Å². The number of carbonyl (C=O) groups excluding carboxylic acids is 1. The van der Waals surface area contributed by atoms with Crippen LogP contribution in [0.2, 0.25) is 5.02 Å². The van der Waals surface area contributed by atoms with Crippen molar-refractivity contribution in [1.82, 2.24) is 5.43 Å². The Bertz CT molecular complexity index is 951. The van der Waals surface area contributed by atoms with Gasteiger partial charge < -0.3 is 22.8 Å². The molecule has 2 amide bonds. The summed E-state index contributed by atoms with van der Waals surface area (Å²) in [5.74, 6) is 0.0639. The van der Waals surface area contributed by atoms with E-state index in [1.807, 2.05) is 48.2 Å². The molecule has 0 fully saturated rings. The number of hydrogen-bond acceptors (Lipinski definition) is 3. The third-order valence-corrected chi connectivity index (χ3v) is 4.51. The predicted molar refractivity (Wildman–Crippen MR) is 101 cm³/mol. The molecule has 0 aliphatic carbocycles. The number of allylic oxidation sites excluding steroid dienone is 2. The Hall–Kier alpha value is -2.57. The van der Waals surface area contributed by atoms with Crippen molar-refractivity contribution in [2.24, 2.45) is 5.10 Å². The number of benzene rings is 2. The molecule has 0 saturated carbocycles. The van der Waals surface area contributed by atoms with E-state index in [0.717, 1.165) is 10.8 Å². The zero-order valence-corrected chi connectivity index (χ0v) is 15.8. The second-order valence-electron chi connectivity index (χ2n) is 5.70. The first-order valence-electron chi connectivity index (χ1n) is 7.74. The molecule has 136 valence electrons. The Labute approximate surface area is 162 Å². The van der Waals surface area contributed by atoms with Crippen LogP contribution in [0.3, 0.4) is 0 Å². The molecule has 3 rings (SSSR count). The van der Waals surface area contributed by atoms with Gasteiger partial charge in [-0.1, -0.05) is 41.9 Å². The second-order valence-corrected chi connectivity index (χ2v) is 6.08. The molecular formula is C18H18Cl2N4O2. The van der Waals surface area contributed by atoms with Crippen molar-refractivity contribution in [3.8, 4) is 0 Å². The van der Waals surface area contributed by atoms with E-state index in [4.69, 9.17) is 11.6 Å². The van der Waals surface area contributed by atoms with Gasteiger partial charge in [-0.3, -0.25) is 0 Å². The van der Waals surface area contributed by atoms with Gasteiger partial charge in [-0.05, 0) is 11.5 Å². The number of urea groups is 1. The molecule has 0 bridgehead atoms. The number of carbonyl (C=O) groups is 1. The molecule has 1 aliphatic heterocycles. The van der Waals surface area contributed by atoms with Crippen LogP contribution in [-0.4, -0.2) is 34.7 Å². The van der Waals surface area contributed by atoms with Gasteiger partial charge in [0.1, 0.15) is 12.8 Å². The van der Waals surface area contributed by atoms with Gasteiger partial charge >= 0.3 is 6.03 Å². The highest BCUT2D eigenvalue weighted by molar-refractivity contribution is 6.38. The summed E-state index contributed by atoms with van der Waals surface area (Å²) in [5.41, 5.74) is 3.95. The fourth-order valence-corrected chi connectivity index (χ4v) is 2.81. The van der Waals surface area contributed by atoms with Crippen molar-refractivity contribution in [3.05, 3.63) is 52.9 Å². The van der Waals surface area contributed by atoms with Crippen molar-refractivity contribution < 1.29 is 26.9 Å². The molecule has 0 spiro atoms. The number of rotatable bonds is 2. The summed E-state index contributed by atoms with van der Waals surface area (Å²) in [6.45, 7) is 1.77. The number of fused-ring (bicyclic) bond motifs is 1. The standard InChI is InChI=1S/C18H17ClN4O2.ClH/c1-11-17(24)15(9-10-23(11)2)21-22-18(25)20-14-8-7-12-5-3-4-6-13(12)16(14)19;/h3-8,10H,9H2,1-2H3,(H2-,20,22,24,25);1H. The SMILES string of the molecule is CC1=C(O)C(=NNC(=O)Nc2ccc3ccccc3c2Cl)CC=[N+]1C.[Cl-]. The Kier molecular flexibility index (Phi) is 6.23. The molecule has 0 aromatic heterocycles. The highest BCUT2D eigenvalue weighted by Crippen LogP contribution is 2.30. The molecule has 0 radical (unpaired) electrons. The zero-order valence-electron chi connectivity index (χ0n) is 14.3. The highest BCUT2D eigenvalue weighted by atomic mass is 35.5. The fourth-order valence-electron chi connectivity index (χ4n) is 2.53. The minimum atomic E-state index is -0.533. The minimum absolute atomic E-state index is 0. The summed E-state index contributed by atoms with van der Waals surface area (Å²) in [4.78, 5) is 12.1. The predicted octanol–water partition coefficient (Wildman–Crippen LogP) is 0.881. The quantitative estimate of drug-likeness (QED) is 0.524. The van der Waals surface area contributed by atoms with E-state index in [0.29, 0.717) is 28.5 Å². The van der Waals surface area contributed by atoms with Crippen LogP contribution in [0.25, 0.3) is 10.8 Å². The number of nitrogens with zero attached hydrogens (tertiary/aromatic N) is 2. The molecule has 1 heterocycles. The zero-order chi connectivity index (χ0) is 18.0. The van der Waals surface area contributed by atoms with E-state index in [-0.39, 0.29) is 18.2 Å². The lowest BCUT2D eigenvalue weighted by Crippen LogP contribution is -3.00. The largest absolute Gasteiger partial charge is 1.00 e. The lowest BCUT2D eigenvalue weighted by atomic mass is 10.1. The first kappa shape index (κ1) is 19.8. The average molecular weight is 393 g/mol. The monoisotopic (exact) mass is 392 g/mol. The first-order valence-corrected chi connectivity index (χ1v) is 8.12. The Morgan fingerprint density at radius 3 is 2.77 bits per heavy atom. The number of hydrogen-bond donors (Lipinski definition) is 3. The van der Waals surface area contributed by atoms with Crippen molar-refractivity contribution in [2.45, 2.75) is 13.3 Å². The Morgan fingerprint density at radius 2 is 2.00 bits per heavy atom. The van der Waals surface area contributed by atoms with E-state index in [2.05, 4.69) is 15.8 Å². The Balaban J connectivity index is 0.00000243. The molecule has 2 aromatic carbocycles. The van der Waals surface area contributed by atoms with Crippen LogP contribution in [0.1, 0.15) is 13.3 Å². The number of amides is 2. The summed E-state index contributed by atoms with van der Waals surface area (Å²) in [7, 11) is 1.84. The first-order chi connectivity index (χ1) is 12.0.